The molecule has 7 nitrogen and oxygen atoms in total. The molecule has 37 heavy (non-hydrogen) atoms. The highest BCUT2D eigenvalue weighted by atomic mass is 35.5. The number of nitrogens with zero attached hydrogens (tertiary/aromatic N) is 1. The van der Waals surface area contributed by atoms with Crippen molar-refractivity contribution >= 4 is 39.1 Å². The number of halogens is 3. The Labute approximate surface area is 227 Å². The summed E-state index contributed by atoms with van der Waals surface area (Å²) in [6.07, 6.45) is 4.48. The van der Waals surface area contributed by atoms with Gasteiger partial charge in [0.25, 0.3) is 5.91 Å². The van der Waals surface area contributed by atoms with Crippen molar-refractivity contribution in [3.63, 3.8) is 0 Å². The van der Waals surface area contributed by atoms with Crippen molar-refractivity contribution in [2.24, 2.45) is 5.92 Å². The minimum atomic E-state index is -3.80. The third-order valence-electron chi connectivity index (χ3n) is 6.80. The molecule has 1 heterocycles. The topological polar surface area (TPSA) is 84.9 Å². The highest BCUT2D eigenvalue weighted by Crippen LogP contribution is 2.45. The van der Waals surface area contributed by atoms with Gasteiger partial charge in [-0.2, -0.15) is 0 Å². The van der Waals surface area contributed by atoms with E-state index in [9.17, 15) is 17.6 Å². The van der Waals surface area contributed by atoms with Crippen LogP contribution in [0.4, 0.5) is 4.39 Å². The molecule has 1 atom stereocenters. The Bertz CT molecular complexity index is 1230. The Balaban J connectivity index is 1.40. The summed E-state index contributed by atoms with van der Waals surface area (Å²) in [5, 5.41) is 1.18. The normalized spacial score (nSPS) is 18.0. The zero-order valence-corrected chi connectivity index (χ0v) is 23.1. The van der Waals surface area contributed by atoms with Gasteiger partial charge in [-0.15, -0.1) is 0 Å². The van der Waals surface area contributed by atoms with E-state index in [-0.39, 0.29) is 23.4 Å². The molecule has 0 aromatic heterocycles. The van der Waals surface area contributed by atoms with Crippen LogP contribution in [0.1, 0.15) is 59.1 Å². The minimum Gasteiger partial charge on any atom is -0.493 e. The van der Waals surface area contributed by atoms with Gasteiger partial charge in [0.1, 0.15) is 11.6 Å². The second-order valence-corrected chi connectivity index (χ2v) is 12.4. The number of rotatable bonds is 10. The second-order valence-electron chi connectivity index (χ2n) is 9.81. The number of piperidine rings is 1. The molecule has 2 aromatic carbocycles. The van der Waals surface area contributed by atoms with E-state index in [2.05, 4.69) is 4.90 Å². The third-order valence-corrected chi connectivity index (χ3v) is 7.79. The number of hydrogen-bond donors (Lipinski definition) is 1. The molecule has 0 radical (unpaired) electrons. The van der Waals surface area contributed by atoms with Crippen LogP contribution < -0.4 is 9.46 Å². The van der Waals surface area contributed by atoms with Crippen LogP contribution in [-0.4, -0.2) is 58.9 Å². The molecule has 202 valence electrons. The van der Waals surface area contributed by atoms with Gasteiger partial charge >= 0.3 is 0 Å². The number of carbonyl (C=O) groups excluding carboxylic acids is 1. The zero-order valence-electron chi connectivity index (χ0n) is 20.8. The Morgan fingerprint density at radius 1 is 1.11 bits per heavy atom. The van der Waals surface area contributed by atoms with Gasteiger partial charge in [0.2, 0.25) is 10.0 Å². The predicted molar refractivity (Wildman–Crippen MR) is 142 cm³/mol. The number of sulfonamides is 1. The molecule has 1 saturated heterocycles. The van der Waals surface area contributed by atoms with E-state index in [1.807, 2.05) is 16.9 Å². The summed E-state index contributed by atoms with van der Waals surface area (Å²) in [5.74, 6) is -0.901. The molecule has 2 aliphatic rings. The van der Waals surface area contributed by atoms with Gasteiger partial charge in [0.05, 0.1) is 31.1 Å². The number of methoxy groups -OCH3 is 1. The highest BCUT2D eigenvalue weighted by molar-refractivity contribution is 7.89. The van der Waals surface area contributed by atoms with E-state index in [0.717, 1.165) is 56.2 Å². The summed E-state index contributed by atoms with van der Waals surface area (Å²) in [4.78, 5) is 14.6. The fraction of sp³-hybridized carbons (Fsp3) is 0.500. The van der Waals surface area contributed by atoms with Crippen molar-refractivity contribution in [2.45, 2.75) is 37.6 Å². The molecule has 1 saturated carbocycles. The maximum absolute atomic E-state index is 14.8. The van der Waals surface area contributed by atoms with E-state index < -0.39 is 21.7 Å². The van der Waals surface area contributed by atoms with E-state index in [1.54, 1.807) is 13.2 Å². The maximum Gasteiger partial charge on any atom is 0.267 e. The van der Waals surface area contributed by atoms with Crippen LogP contribution in [-0.2, 0) is 14.8 Å². The molecular formula is C26H31Cl2FN2O5S. The Hall–Kier alpha value is -1.91. The largest absolute Gasteiger partial charge is 0.493 e. The predicted octanol–water partition coefficient (Wildman–Crippen LogP) is 5.18. The minimum absolute atomic E-state index is 0.0317. The summed E-state index contributed by atoms with van der Waals surface area (Å²) in [6, 6.07) is 8.21. The number of ether oxygens (including phenoxy) is 2. The summed E-state index contributed by atoms with van der Waals surface area (Å²) in [7, 11) is -2.13. The van der Waals surface area contributed by atoms with Gasteiger partial charge in [0, 0.05) is 23.2 Å². The van der Waals surface area contributed by atoms with Gasteiger partial charge in [-0.1, -0.05) is 23.2 Å². The van der Waals surface area contributed by atoms with E-state index in [4.69, 9.17) is 32.7 Å². The number of hydrogen-bond acceptors (Lipinski definition) is 6. The number of likely N-dealkylation sites (tertiary alicyclic amines) is 1. The van der Waals surface area contributed by atoms with Crippen molar-refractivity contribution in [1.82, 2.24) is 9.62 Å². The molecule has 0 unspecified atom stereocenters. The molecular weight excluding hydrogens is 542 g/mol. The van der Waals surface area contributed by atoms with Crippen LogP contribution in [0.3, 0.4) is 0 Å². The fourth-order valence-electron chi connectivity index (χ4n) is 4.78. The quantitative estimate of drug-likeness (QED) is 0.422. The van der Waals surface area contributed by atoms with Crippen LogP contribution in [0.25, 0.3) is 0 Å². The molecule has 1 amide bonds. The molecule has 0 spiro atoms. The second kappa shape index (κ2) is 11.9. The molecule has 0 bridgehead atoms. The highest BCUT2D eigenvalue weighted by Gasteiger charge is 2.31. The lowest BCUT2D eigenvalue weighted by molar-refractivity contribution is 0.0556. The Kier molecular flexibility index (Phi) is 9.01. The Morgan fingerprint density at radius 3 is 2.32 bits per heavy atom. The average Bonchev–Trinajstić information content (AvgIpc) is 3.65. The van der Waals surface area contributed by atoms with Crippen LogP contribution in [0.5, 0.6) is 5.75 Å². The first kappa shape index (κ1) is 28.1. The van der Waals surface area contributed by atoms with Crippen LogP contribution >= 0.6 is 23.2 Å². The molecule has 11 heteroatoms. The Morgan fingerprint density at radius 2 is 1.76 bits per heavy atom. The first-order valence-electron chi connectivity index (χ1n) is 12.2. The molecule has 1 aliphatic carbocycles. The summed E-state index contributed by atoms with van der Waals surface area (Å²) >= 11 is 12.5. The monoisotopic (exact) mass is 572 g/mol. The number of benzene rings is 2. The first-order chi connectivity index (χ1) is 17.5. The summed E-state index contributed by atoms with van der Waals surface area (Å²) < 4.78 is 51.0. The zero-order chi connectivity index (χ0) is 26.7. The molecule has 2 aromatic rings. The van der Waals surface area contributed by atoms with Gasteiger partial charge < -0.3 is 9.47 Å². The lowest BCUT2D eigenvalue weighted by Crippen LogP contribution is -2.39. The van der Waals surface area contributed by atoms with Gasteiger partial charge in [-0.3, -0.25) is 9.69 Å². The molecule has 2 fully saturated rings. The third kappa shape index (κ3) is 7.57. The van der Waals surface area contributed by atoms with Crippen LogP contribution in [0.15, 0.2) is 30.3 Å². The molecule has 1 N–H and O–H groups in total. The van der Waals surface area contributed by atoms with E-state index >= 15 is 0 Å². The fourth-order valence-corrected chi connectivity index (χ4v) is 5.77. The SMILES string of the molecule is COC[C@H](c1cc(Cl)cc(Cl)c1)N1CCC(COc2cc(F)c(C(=O)NS(C)(=O)=O)cc2C2CC2)CC1. The number of amides is 1. The van der Waals surface area contributed by atoms with Crippen molar-refractivity contribution in [1.29, 1.82) is 0 Å². The van der Waals surface area contributed by atoms with E-state index in [0.29, 0.717) is 29.0 Å². The number of nitrogens with one attached hydrogen (secondary N) is 1. The summed E-state index contributed by atoms with van der Waals surface area (Å²) in [5.41, 5.74) is 1.47. The van der Waals surface area contributed by atoms with Crippen molar-refractivity contribution in [2.75, 3.05) is 39.7 Å². The lowest BCUT2D eigenvalue weighted by Gasteiger charge is -2.37. The molecule has 1 aliphatic heterocycles. The van der Waals surface area contributed by atoms with E-state index in [1.165, 1.54) is 12.1 Å². The van der Waals surface area contributed by atoms with Crippen molar-refractivity contribution in [3.8, 4) is 5.75 Å². The number of carbonyl (C=O) groups is 1. The smallest absolute Gasteiger partial charge is 0.267 e. The van der Waals surface area contributed by atoms with Crippen LogP contribution in [0.2, 0.25) is 10.0 Å². The molecule has 4 rings (SSSR count). The lowest BCUT2D eigenvalue weighted by atomic mass is 9.95. The average molecular weight is 574 g/mol. The van der Waals surface area contributed by atoms with Crippen molar-refractivity contribution < 1.29 is 27.1 Å². The standard InChI is InChI=1S/C26H31Cl2FN2O5S/c1-35-15-24(18-9-19(27)11-20(28)10-18)31-7-5-16(6-8-31)14-36-25-13-23(29)22(12-21(25)17-3-4-17)26(32)30-37(2,33)34/h9-13,16-17,24H,3-8,14-15H2,1-2H3,(H,30,32)/t24-/m1/s1. The van der Waals surface area contributed by atoms with Gasteiger partial charge in [0.15, 0.2) is 0 Å². The first-order valence-corrected chi connectivity index (χ1v) is 14.9. The van der Waals surface area contributed by atoms with Gasteiger partial charge in [-0.25, -0.2) is 17.5 Å². The maximum atomic E-state index is 14.8. The van der Waals surface area contributed by atoms with Gasteiger partial charge in [-0.05, 0) is 86.0 Å². The summed E-state index contributed by atoms with van der Waals surface area (Å²) in [6.45, 7) is 2.61. The van der Waals surface area contributed by atoms with Crippen molar-refractivity contribution in [3.05, 3.63) is 62.9 Å². The van der Waals surface area contributed by atoms with Crippen LogP contribution in [0, 0.1) is 11.7 Å².